The monoisotopic (exact) mass is 282 g/mol. The first-order valence-electron chi connectivity index (χ1n) is 6.93. The summed E-state index contributed by atoms with van der Waals surface area (Å²) in [6, 6.07) is 7.96. The highest BCUT2D eigenvalue weighted by atomic mass is 35.5. The number of likely N-dealkylation sites (tertiary alicyclic amines) is 1. The Morgan fingerprint density at radius 2 is 2.37 bits per heavy atom. The van der Waals surface area contributed by atoms with Gasteiger partial charge in [0.15, 0.2) is 0 Å². The van der Waals surface area contributed by atoms with Crippen LogP contribution in [0.2, 0.25) is 5.02 Å². The maximum Gasteiger partial charge on any atom is 0.314 e. The third-order valence-corrected chi connectivity index (χ3v) is 3.82. The van der Waals surface area contributed by atoms with Crippen molar-refractivity contribution in [3.63, 3.8) is 0 Å². The molecule has 0 aliphatic carbocycles. The van der Waals surface area contributed by atoms with Crippen LogP contribution < -0.4 is 4.90 Å². The molecule has 1 fully saturated rings. The van der Waals surface area contributed by atoms with Gasteiger partial charge in [-0.3, -0.25) is 4.79 Å². The van der Waals surface area contributed by atoms with Gasteiger partial charge >= 0.3 is 5.97 Å². The lowest BCUT2D eigenvalue weighted by atomic mass is 9.98. The molecule has 0 bridgehead atoms. The molecule has 1 aromatic carbocycles. The molecule has 1 N–H and O–H groups in total. The van der Waals surface area contributed by atoms with Crippen molar-refractivity contribution in [2.45, 2.75) is 26.3 Å². The van der Waals surface area contributed by atoms with E-state index in [0.717, 1.165) is 37.5 Å². The summed E-state index contributed by atoms with van der Waals surface area (Å²) in [5.41, 5.74) is 1.23. The summed E-state index contributed by atoms with van der Waals surface area (Å²) in [7, 11) is 0. The lowest BCUT2D eigenvalue weighted by Gasteiger charge is -2.28. The third-order valence-electron chi connectivity index (χ3n) is 3.58. The summed E-state index contributed by atoms with van der Waals surface area (Å²) >= 11 is 6.00. The first-order chi connectivity index (χ1) is 9.19. The quantitative estimate of drug-likeness (QED) is 0.852. The first-order valence-corrected chi connectivity index (χ1v) is 7.31. The molecule has 4 heteroatoms. The molecule has 0 radical (unpaired) electrons. The number of ether oxygens (including phenoxy) is 1. The van der Waals surface area contributed by atoms with Crippen LogP contribution in [0.3, 0.4) is 0 Å². The Hall–Kier alpha value is -1.06. The highest BCUT2D eigenvalue weighted by Crippen LogP contribution is 2.12. The molecule has 1 aliphatic heterocycles. The standard InChI is InChI=1S/C15H20ClNO2/c1-2-19-15(18)13-6-4-8-17(11-13)10-12-5-3-7-14(16)9-12/h3,5,7,9,13H,2,4,6,8,10-11H2,1H3/p+1/t13-/m1/s1. The zero-order chi connectivity index (χ0) is 13.7. The van der Waals surface area contributed by atoms with Crippen molar-refractivity contribution in [1.29, 1.82) is 0 Å². The van der Waals surface area contributed by atoms with Crippen molar-refractivity contribution in [2.75, 3.05) is 19.7 Å². The van der Waals surface area contributed by atoms with Crippen LogP contribution in [0.5, 0.6) is 0 Å². The minimum absolute atomic E-state index is 0.0363. The van der Waals surface area contributed by atoms with Gasteiger partial charge in [-0.25, -0.2) is 0 Å². The van der Waals surface area contributed by atoms with Crippen LogP contribution in [0.4, 0.5) is 0 Å². The number of hydrogen-bond acceptors (Lipinski definition) is 2. The van der Waals surface area contributed by atoms with Crippen LogP contribution in [0.25, 0.3) is 0 Å². The van der Waals surface area contributed by atoms with Gasteiger partial charge in [0.05, 0.1) is 19.7 Å². The zero-order valence-electron chi connectivity index (χ0n) is 11.3. The summed E-state index contributed by atoms with van der Waals surface area (Å²) in [6.45, 7) is 5.24. The Labute approximate surface area is 119 Å². The number of quaternary nitrogens is 1. The number of nitrogens with one attached hydrogen (secondary N) is 1. The predicted octanol–water partition coefficient (Wildman–Crippen LogP) is 1.70. The number of rotatable bonds is 4. The average molecular weight is 283 g/mol. The van der Waals surface area contributed by atoms with Crippen LogP contribution in [-0.4, -0.2) is 25.7 Å². The molecule has 1 heterocycles. The van der Waals surface area contributed by atoms with Crippen molar-refractivity contribution in [2.24, 2.45) is 5.92 Å². The fourth-order valence-electron chi connectivity index (χ4n) is 2.71. The molecule has 1 aromatic rings. The van der Waals surface area contributed by atoms with E-state index in [4.69, 9.17) is 16.3 Å². The Balaban J connectivity index is 1.92. The van der Waals surface area contributed by atoms with Gasteiger partial charge in [0.2, 0.25) is 0 Å². The summed E-state index contributed by atoms with van der Waals surface area (Å²) in [5, 5.41) is 0.774. The van der Waals surface area contributed by atoms with E-state index in [-0.39, 0.29) is 11.9 Å². The number of esters is 1. The molecule has 1 saturated heterocycles. The Kier molecular flexibility index (Phi) is 5.23. The van der Waals surface area contributed by atoms with E-state index >= 15 is 0 Å². The summed E-state index contributed by atoms with van der Waals surface area (Å²) < 4.78 is 5.13. The highest BCUT2D eigenvalue weighted by Gasteiger charge is 2.29. The number of carbonyl (C=O) groups excluding carboxylic acids is 1. The summed E-state index contributed by atoms with van der Waals surface area (Å²) in [5.74, 6) is 0.0219. The van der Waals surface area contributed by atoms with E-state index in [1.807, 2.05) is 25.1 Å². The SMILES string of the molecule is CCOC(=O)[C@@H]1CCC[NH+](Cc2cccc(Cl)c2)C1. The molecule has 2 rings (SSSR count). The van der Waals surface area contributed by atoms with Gasteiger partial charge in [0.1, 0.15) is 12.5 Å². The molecule has 1 unspecified atom stereocenters. The second-order valence-electron chi connectivity index (χ2n) is 5.10. The summed E-state index contributed by atoms with van der Waals surface area (Å²) in [4.78, 5) is 13.2. The molecule has 0 aromatic heterocycles. The van der Waals surface area contributed by atoms with Gasteiger partial charge in [-0.2, -0.15) is 0 Å². The maximum absolute atomic E-state index is 11.8. The molecular weight excluding hydrogens is 262 g/mol. The van der Waals surface area contributed by atoms with Crippen molar-refractivity contribution < 1.29 is 14.4 Å². The van der Waals surface area contributed by atoms with Crippen LogP contribution in [0.1, 0.15) is 25.3 Å². The topological polar surface area (TPSA) is 30.7 Å². The van der Waals surface area contributed by atoms with Crippen molar-refractivity contribution in [3.8, 4) is 0 Å². The van der Waals surface area contributed by atoms with Gasteiger partial charge < -0.3 is 9.64 Å². The van der Waals surface area contributed by atoms with Crippen LogP contribution in [-0.2, 0) is 16.1 Å². The fraction of sp³-hybridized carbons (Fsp3) is 0.533. The smallest absolute Gasteiger partial charge is 0.314 e. The van der Waals surface area contributed by atoms with Crippen LogP contribution in [0.15, 0.2) is 24.3 Å². The minimum atomic E-state index is -0.0363. The second kappa shape index (κ2) is 6.92. The Morgan fingerprint density at radius 3 is 3.11 bits per heavy atom. The largest absolute Gasteiger partial charge is 0.466 e. The molecule has 3 nitrogen and oxygen atoms in total. The van der Waals surface area contributed by atoms with Gasteiger partial charge in [-0.15, -0.1) is 0 Å². The van der Waals surface area contributed by atoms with Crippen molar-refractivity contribution in [3.05, 3.63) is 34.9 Å². The van der Waals surface area contributed by atoms with Crippen molar-refractivity contribution in [1.82, 2.24) is 0 Å². The normalized spacial score (nSPS) is 23.1. The van der Waals surface area contributed by atoms with E-state index in [9.17, 15) is 4.79 Å². The third kappa shape index (κ3) is 4.22. The van der Waals surface area contributed by atoms with Gasteiger partial charge in [0, 0.05) is 10.6 Å². The second-order valence-corrected chi connectivity index (χ2v) is 5.54. The fourth-order valence-corrected chi connectivity index (χ4v) is 2.92. The molecule has 0 saturated carbocycles. The van der Waals surface area contributed by atoms with Crippen LogP contribution >= 0.6 is 11.6 Å². The molecule has 19 heavy (non-hydrogen) atoms. The van der Waals surface area contributed by atoms with E-state index in [1.54, 1.807) is 0 Å². The average Bonchev–Trinajstić information content (AvgIpc) is 2.39. The van der Waals surface area contributed by atoms with Gasteiger partial charge in [0.25, 0.3) is 0 Å². The highest BCUT2D eigenvalue weighted by molar-refractivity contribution is 6.30. The number of halogens is 1. The first kappa shape index (κ1) is 14.4. The molecule has 0 amide bonds. The van der Waals surface area contributed by atoms with E-state index in [2.05, 4.69) is 6.07 Å². The number of carbonyl (C=O) groups is 1. The number of hydrogen-bond donors (Lipinski definition) is 1. The van der Waals surface area contributed by atoms with Crippen LogP contribution in [0, 0.1) is 5.92 Å². The lowest BCUT2D eigenvalue weighted by molar-refractivity contribution is -0.921. The van der Waals surface area contributed by atoms with Gasteiger partial charge in [-0.05, 0) is 31.9 Å². The predicted molar refractivity (Wildman–Crippen MR) is 75.2 cm³/mol. The molecule has 1 aliphatic rings. The number of benzene rings is 1. The zero-order valence-corrected chi connectivity index (χ0v) is 12.1. The van der Waals surface area contributed by atoms with E-state index in [1.165, 1.54) is 10.5 Å². The maximum atomic E-state index is 11.8. The Bertz CT molecular complexity index is 436. The minimum Gasteiger partial charge on any atom is -0.466 e. The van der Waals surface area contributed by atoms with E-state index < -0.39 is 0 Å². The molecule has 2 atom stereocenters. The Morgan fingerprint density at radius 1 is 1.53 bits per heavy atom. The molecule has 104 valence electrons. The van der Waals surface area contributed by atoms with Crippen molar-refractivity contribution >= 4 is 17.6 Å². The summed E-state index contributed by atoms with van der Waals surface area (Å²) in [6.07, 6.45) is 2.04. The molecular formula is C15H21ClNO2+. The lowest BCUT2D eigenvalue weighted by Crippen LogP contribution is -3.12. The molecule has 0 spiro atoms. The van der Waals surface area contributed by atoms with E-state index in [0.29, 0.717) is 6.61 Å². The van der Waals surface area contributed by atoms with Gasteiger partial charge in [-0.1, -0.05) is 23.7 Å². The number of piperidine rings is 1.